The van der Waals surface area contributed by atoms with E-state index in [1.165, 1.54) is 28.7 Å². The molecule has 0 bridgehead atoms. The second-order valence-corrected chi connectivity index (χ2v) is 8.93. The number of nitrogens with one attached hydrogen (secondary N) is 1. The molecule has 28 heavy (non-hydrogen) atoms. The van der Waals surface area contributed by atoms with Gasteiger partial charge in [0.1, 0.15) is 0 Å². The van der Waals surface area contributed by atoms with E-state index in [2.05, 4.69) is 41.5 Å². The lowest BCUT2D eigenvalue weighted by Gasteiger charge is -2.21. The Hall–Kier alpha value is -2.64. The molecule has 0 saturated heterocycles. The monoisotopic (exact) mass is 409 g/mol. The smallest absolute Gasteiger partial charge is 0.279 e. The predicted octanol–water partition coefficient (Wildman–Crippen LogP) is 4.08. The van der Waals surface area contributed by atoms with Gasteiger partial charge in [0, 0.05) is 28.6 Å². The average molecular weight is 410 g/mol. The van der Waals surface area contributed by atoms with Crippen molar-refractivity contribution in [3.63, 3.8) is 0 Å². The summed E-state index contributed by atoms with van der Waals surface area (Å²) in [6.07, 6.45) is 1.93. The lowest BCUT2D eigenvalue weighted by molar-refractivity contribution is -0.115. The number of anilines is 1. The van der Waals surface area contributed by atoms with E-state index >= 15 is 0 Å². The van der Waals surface area contributed by atoms with Crippen LogP contribution < -0.4 is 10.1 Å². The van der Waals surface area contributed by atoms with Gasteiger partial charge in [0.15, 0.2) is 4.80 Å². The summed E-state index contributed by atoms with van der Waals surface area (Å²) in [6, 6.07) is 13.6. The van der Waals surface area contributed by atoms with Crippen LogP contribution >= 0.6 is 23.1 Å². The van der Waals surface area contributed by atoms with Gasteiger partial charge in [-0.1, -0.05) is 29.8 Å². The highest BCUT2D eigenvalue weighted by Crippen LogP contribution is 2.36. The summed E-state index contributed by atoms with van der Waals surface area (Å²) in [4.78, 5) is 30.5. The van der Waals surface area contributed by atoms with Crippen LogP contribution in [0, 0.1) is 6.92 Å². The van der Waals surface area contributed by atoms with Crippen molar-refractivity contribution < 1.29 is 9.59 Å². The number of hydrogen-bond donors (Lipinski definition) is 1. The topological polar surface area (TPSA) is 63.5 Å². The molecule has 0 aliphatic carbocycles. The summed E-state index contributed by atoms with van der Waals surface area (Å²) in [5, 5.41) is 4.64. The van der Waals surface area contributed by atoms with Crippen LogP contribution in [-0.4, -0.2) is 21.6 Å². The van der Waals surface area contributed by atoms with Crippen LogP contribution in [0.3, 0.4) is 0 Å². The van der Waals surface area contributed by atoms with Crippen molar-refractivity contribution in [3.8, 4) is 0 Å². The SMILES string of the molecule is Cc1ccc(Cn2ccsc2=NC(=O)c2ccc3c(c2)NC(=O)C(C)S3)cc1. The van der Waals surface area contributed by atoms with Gasteiger partial charge in [-0.2, -0.15) is 4.99 Å². The summed E-state index contributed by atoms with van der Waals surface area (Å²) in [6.45, 7) is 4.58. The van der Waals surface area contributed by atoms with E-state index in [9.17, 15) is 9.59 Å². The number of nitrogens with zero attached hydrogens (tertiary/aromatic N) is 2. The Labute approximate surface area is 171 Å². The van der Waals surface area contributed by atoms with Crippen LogP contribution in [0.15, 0.2) is 63.9 Å². The molecule has 5 nitrogen and oxygen atoms in total. The highest BCUT2D eigenvalue weighted by molar-refractivity contribution is 8.00. The van der Waals surface area contributed by atoms with Gasteiger partial charge in [0.2, 0.25) is 5.91 Å². The molecule has 1 unspecified atom stereocenters. The maximum absolute atomic E-state index is 12.7. The normalized spacial score (nSPS) is 16.6. The summed E-state index contributed by atoms with van der Waals surface area (Å²) in [7, 11) is 0. The Balaban J connectivity index is 1.59. The molecule has 2 aromatic carbocycles. The summed E-state index contributed by atoms with van der Waals surface area (Å²) in [5.74, 6) is -0.367. The van der Waals surface area contributed by atoms with Crippen molar-refractivity contribution in [2.75, 3.05) is 5.32 Å². The van der Waals surface area contributed by atoms with E-state index in [0.717, 1.165) is 10.5 Å². The number of carbonyl (C=O) groups is 2. The molecule has 7 heteroatoms. The minimum atomic E-state index is -0.319. The van der Waals surface area contributed by atoms with E-state index in [4.69, 9.17) is 0 Å². The summed E-state index contributed by atoms with van der Waals surface area (Å²) in [5.41, 5.74) is 3.50. The van der Waals surface area contributed by atoms with Crippen molar-refractivity contribution in [1.82, 2.24) is 4.57 Å². The molecule has 0 saturated carbocycles. The molecule has 1 aromatic heterocycles. The van der Waals surface area contributed by atoms with Crippen molar-refractivity contribution in [2.24, 2.45) is 4.99 Å². The first kappa shape index (κ1) is 18.7. The second-order valence-electron chi connectivity index (χ2n) is 6.68. The van der Waals surface area contributed by atoms with Gasteiger partial charge in [-0.15, -0.1) is 23.1 Å². The number of hydrogen-bond acceptors (Lipinski definition) is 4. The van der Waals surface area contributed by atoms with Gasteiger partial charge in [0.05, 0.1) is 10.9 Å². The molecule has 1 N–H and O–H groups in total. The van der Waals surface area contributed by atoms with Crippen molar-refractivity contribution >= 4 is 40.6 Å². The third kappa shape index (κ3) is 3.95. The van der Waals surface area contributed by atoms with Gasteiger partial charge < -0.3 is 9.88 Å². The van der Waals surface area contributed by atoms with Crippen LogP contribution in [0.25, 0.3) is 0 Å². The highest BCUT2D eigenvalue weighted by Gasteiger charge is 2.23. The quantitative estimate of drug-likeness (QED) is 0.709. The molecule has 1 atom stereocenters. The lowest BCUT2D eigenvalue weighted by atomic mass is 10.1. The van der Waals surface area contributed by atoms with E-state index in [1.807, 2.05) is 29.1 Å². The number of aryl methyl sites for hydroxylation is 1. The highest BCUT2D eigenvalue weighted by atomic mass is 32.2. The van der Waals surface area contributed by atoms with E-state index in [0.29, 0.717) is 22.6 Å². The minimum Gasteiger partial charge on any atom is -0.324 e. The summed E-state index contributed by atoms with van der Waals surface area (Å²) < 4.78 is 1.96. The Morgan fingerprint density at radius 2 is 2.00 bits per heavy atom. The predicted molar refractivity (Wildman–Crippen MR) is 113 cm³/mol. The number of rotatable bonds is 3. The maximum atomic E-state index is 12.7. The van der Waals surface area contributed by atoms with Gasteiger partial charge in [-0.25, -0.2) is 0 Å². The van der Waals surface area contributed by atoms with Gasteiger partial charge >= 0.3 is 0 Å². The number of thiazole rings is 1. The van der Waals surface area contributed by atoms with Crippen LogP contribution in [0.1, 0.15) is 28.4 Å². The molecule has 2 amide bonds. The molecule has 1 aliphatic heterocycles. The molecule has 142 valence electrons. The van der Waals surface area contributed by atoms with Crippen LogP contribution in [-0.2, 0) is 11.3 Å². The van der Waals surface area contributed by atoms with Crippen LogP contribution in [0.4, 0.5) is 5.69 Å². The van der Waals surface area contributed by atoms with E-state index in [1.54, 1.807) is 12.1 Å². The number of thioether (sulfide) groups is 1. The molecular formula is C21H19N3O2S2. The first-order valence-electron chi connectivity index (χ1n) is 8.90. The fraction of sp³-hybridized carbons (Fsp3) is 0.190. The molecule has 0 spiro atoms. The lowest BCUT2D eigenvalue weighted by Crippen LogP contribution is -2.26. The Bertz CT molecular complexity index is 1110. The first-order valence-corrected chi connectivity index (χ1v) is 10.7. The number of benzene rings is 2. The van der Waals surface area contributed by atoms with Crippen molar-refractivity contribution in [2.45, 2.75) is 30.5 Å². The number of amides is 2. The Kier molecular flexibility index (Phi) is 5.19. The number of aromatic nitrogens is 1. The first-order chi connectivity index (χ1) is 13.5. The molecular weight excluding hydrogens is 390 g/mol. The second kappa shape index (κ2) is 7.77. The molecule has 4 rings (SSSR count). The van der Waals surface area contributed by atoms with Gasteiger partial charge in [0.25, 0.3) is 5.91 Å². The molecule has 0 fully saturated rings. The fourth-order valence-electron chi connectivity index (χ4n) is 2.89. The zero-order valence-corrected chi connectivity index (χ0v) is 17.1. The van der Waals surface area contributed by atoms with Gasteiger partial charge in [-0.05, 0) is 37.6 Å². The largest absolute Gasteiger partial charge is 0.324 e. The van der Waals surface area contributed by atoms with Crippen molar-refractivity contribution in [1.29, 1.82) is 0 Å². The van der Waals surface area contributed by atoms with E-state index < -0.39 is 0 Å². The molecule has 2 heterocycles. The zero-order valence-electron chi connectivity index (χ0n) is 15.5. The Morgan fingerprint density at radius 3 is 2.79 bits per heavy atom. The third-order valence-corrected chi connectivity index (χ3v) is 6.46. The van der Waals surface area contributed by atoms with Crippen molar-refractivity contribution in [3.05, 3.63) is 75.5 Å². The number of carbonyl (C=O) groups excluding carboxylic acids is 2. The summed E-state index contributed by atoms with van der Waals surface area (Å²) >= 11 is 2.92. The molecule has 3 aromatic rings. The van der Waals surface area contributed by atoms with Gasteiger partial charge in [-0.3, -0.25) is 9.59 Å². The minimum absolute atomic E-state index is 0.0479. The molecule has 0 radical (unpaired) electrons. The molecule has 1 aliphatic rings. The average Bonchev–Trinajstić information content (AvgIpc) is 3.10. The Morgan fingerprint density at radius 1 is 1.21 bits per heavy atom. The fourth-order valence-corrected chi connectivity index (χ4v) is 4.55. The van der Waals surface area contributed by atoms with E-state index in [-0.39, 0.29) is 17.1 Å². The maximum Gasteiger partial charge on any atom is 0.279 e. The standard InChI is InChI=1S/C21H19N3O2S2/c1-13-3-5-15(6-4-13)12-24-9-10-27-21(24)23-20(26)16-7-8-18-17(11-16)22-19(25)14(2)28-18/h3-11,14H,12H2,1-2H3,(H,22,25). The van der Waals surface area contributed by atoms with Crippen LogP contribution in [0.5, 0.6) is 0 Å². The number of fused-ring (bicyclic) bond motifs is 1. The third-order valence-electron chi connectivity index (χ3n) is 4.49. The van der Waals surface area contributed by atoms with Crippen LogP contribution in [0.2, 0.25) is 0 Å². The zero-order chi connectivity index (χ0) is 19.7.